The molecule has 0 aliphatic heterocycles. The molecule has 1 aromatic carbocycles. The molecule has 0 radical (unpaired) electrons. The third-order valence-electron chi connectivity index (χ3n) is 3.30. The Morgan fingerprint density at radius 3 is 2.42 bits per heavy atom. The minimum atomic E-state index is -3.87. The molecule has 1 N–H and O–H groups in total. The number of ether oxygens (including phenoxy) is 1. The zero-order valence-electron chi connectivity index (χ0n) is 14.0. The highest BCUT2D eigenvalue weighted by Gasteiger charge is 2.21. The van der Waals surface area contributed by atoms with Gasteiger partial charge < -0.3 is 4.74 Å². The second kappa shape index (κ2) is 9.00. The molecule has 0 unspecified atom stereocenters. The number of nitrogens with zero attached hydrogens (tertiary/aromatic N) is 1. The summed E-state index contributed by atoms with van der Waals surface area (Å²) in [6, 6.07) is 4.27. The molecular formula is C14H23ClN2O5S2. The number of nitrogens with one attached hydrogen (secondary N) is 1. The number of benzene rings is 1. The predicted molar refractivity (Wildman–Crippen MR) is 94.5 cm³/mol. The lowest BCUT2D eigenvalue weighted by Crippen LogP contribution is -2.38. The summed E-state index contributed by atoms with van der Waals surface area (Å²) in [5.74, 6) is 0.165. The van der Waals surface area contributed by atoms with E-state index in [4.69, 9.17) is 16.3 Å². The quantitative estimate of drug-likeness (QED) is 0.647. The van der Waals surface area contributed by atoms with Crippen LogP contribution in [0.25, 0.3) is 0 Å². The lowest BCUT2D eigenvalue weighted by molar-refractivity contribution is 0.400. The summed E-state index contributed by atoms with van der Waals surface area (Å²) in [6.07, 6.45) is 2.66. The van der Waals surface area contributed by atoms with Gasteiger partial charge in [0.2, 0.25) is 20.0 Å². The summed E-state index contributed by atoms with van der Waals surface area (Å²) in [5, 5.41) is 0.261. The predicted octanol–water partition coefficient (Wildman–Crippen LogP) is 1.69. The number of methoxy groups -OCH3 is 1. The molecule has 1 rings (SSSR count). The van der Waals surface area contributed by atoms with Gasteiger partial charge in [-0.25, -0.2) is 25.9 Å². The molecular weight excluding hydrogens is 376 g/mol. The van der Waals surface area contributed by atoms with E-state index >= 15 is 0 Å². The molecule has 10 heteroatoms. The van der Waals surface area contributed by atoms with Crippen LogP contribution in [-0.4, -0.2) is 54.1 Å². The normalized spacial score (nSPS) is 12.5. The summed E-state index contributed by atoms with van der Waals surface area (Å²) in [7, 11) is -5.89. The molecule has 0 saturated carbocycles. The van der Waals surface area contributed by atoms with Crippen molar-refractivity contribution < 1.29 is 21.6 Å². The van der Waals surface area contributed by atoms with Crippen LogP contribution in [0.3, 0.4) is 0 Å². The van der Waals surface area contributed by atoms with Crippen LogP contribution in [0, 0.1) is 0 Å². The first kappa shape index (κ1) is 21.2. The Balaban J connectivity index is 2.83. The van der Waals surface area contributed by atoms with Gasteiger partial charge in [0.15, 0.2) is 0 Å². The number of halogens is 1. The molecule has 0 fully saturated rings. The number of sulfonamides is 2. The SMILES string of the molecule is CCCCN(CCNS(=O)(=O)c1cc(Cl)ccc1OC)S(C)(=O)=O. The van der Waals surface area contributed by atoms with Gasteiger partial charge in [0.05, 0.1) is 13.4 Å². The lowest BCUT2D eigenvalue weighted by atomic mass is 10.3. The lowest BCUT2D eigenvalue weighted by Gasteiger charge is -2.20. The van der Waals surface area contributed by atoms with E-state index in [0.717, 1.165) is 12.7 Å². The van der Waals surface area contributed by atoms with E-state index in [-0.39, 0.29) is 28.8 Å². The molecule has 0 amide bonds. The standard InChI is InChI=1S/C14H23ClN2O5S2/c1-4-5-9-17(23(3,18)19)10-8-16-24(20,21)14-11-12(15)6-7-13(14)22-2/h6-7,11,16H,4-5,8-10H2,1-3H3. The number of rotatable bonds is 10. The van der Waals surface area contributed by atoms with Crippen LogP contribution in [0.15, 0.2) is 23.1 Å². The largest absolute Gasteiger partial charge is 0.495 e. The average molecular weight is 399 g/mol. The van der Waals surface area contributed by atoms with E-state index in [2.05, 4.69) is 4.72 Å². The van der Waals surface area contributed by atoms with E-state index in [1.807, 2.05) is 6.92 Å². The Kier molecular flexibility index (Phi) is 7.94. The minimum absolute atomic E-state index is 0.0468. The monoisotopic (exact) mass is 398 g/mol. The highest BCUT2D eigenvalue weighted by molar-refractivity contribution is 7.89. The molecule has 0 spiro atoms. The van der Waals surface area contributed by atoms with Crippen LogP contribution in [0.1, 0.15) is 19.8 Å². The molecule has 0 aliphatic rings. The van der Waals surface area contributed by atoms with Gasteiger partial charge in [-0.2, -0.15) is 0 Å². The van der Waals surface area contributed by atoms with Gasteiger partial charge in [-0.15, -0.1) is 0 Å². The Labute approximate surface area is 149 Å². The average Bonchev–Trinajstić information content (AvgIpc) is 2.49. The fourth-order valence-corrected chi connectivity index (χ4v) is 4.36. The van der Waals surface area contributed by atoms with Crippen molar-refractivity contribution in [2.45, 2.75) is 24.7 Å². The molecule has 1 aromatic rings. The molecule has 24 heavy (non-hydrogen) atoms. The summed E-state index contributed by atoms with van der Waals surface area (Å²) in [6.45, 7) is 2.32. The maximum absolute atomic E-state index is 12.4. The Bertz CT molecular complexity index is 750. The molecule has 7 nitrogen and oxygen atoms in total. The Hall–Kier alpha value is -0.870. The topological polar surface area (TPSA) is 92.8 Å². The van der Waals surface area contributed by atoms with Crippen molar-refractivity contribution >= 4 is 31.6 Å². The summed E-state index contributed by atoms with van der Waals surface area (Å²) >= 11 is 5.85. The van der Waals surface area contributed by atoms with Crippen molar-refractivity contribution in [1.29, 1.82) is 0 Å². The number of hydrogen-bond acceptors (Lipinski definition) is 5. The third kappa shape index (κ3) is 6.21. The number of hydrogen-bond donors (Lipinski definition) is 1. The van der Waals surface area contributed by atoms with Crippen molar-refractivity contribution in [3.63, 3.8) is 0 Å². The van der Waals surface area contributed by atoms with E-state index in [9.17, 15) is 16.8 Å². The molecule has 0 aliphatic carbocycles. The van der Waals surface area contributed by atoms with Crippen LogP contribution in [0.4, 0.5) is 0 Å². The van der Waals surface area contributed by atoms with E-state index < -0.39 is 20.0 Å². The fraction of sp³-hybridized carbons (Fsp3) is 0.571. The maximum Gasteiger partial charge on any atom is 0.244 e. The smallest absolute Gasteiger partial charge is 0.244 e. The highest BCUT2D eigenvalue weighted by Crippen LogP contribution is 2.26. The van der Waals surface area contributed by atoms with Gasteiger partial charge in [0.25, 0.3) is 0 Å². The van der Waals surface area contributed by atoms with Crippen molar-refractivity contribution in [1.82, 2.24) is 9.03 Å². The van der Waals surface area contributed by atoms with Crippen LogP contribution in [0.5, 0.6) is 5.75 Å². The zero-order valence-corrected chi connectivity index (χ0v) is 16.3. The van der Waals surface area contributed by atoms with Crippen molar-refractivity contribution in [2.24, 2.45) is 0 Å². The highest BCUT2D eigenvalue weighted by atomic mass is 35.5. The number of unbranched alkanes of at least 4 members (excludes halogenated alkanes) is 1. The first-order valence-electron chi connectivity index (χ1n) is 7.40. The van der Waals surface area contributed by atoms with E-state index in [1.54, 1.807) is 0 Å². The van der Waals surface area contributed by atoms with Crippen LogP contribution in [-0.2, 0) is 20.0 Å². The third-order valence-corrected chi connectivity index (χ3v) is 6.32. The van der Waals surface area contributed by atoms with Crippen molar-refractivity contribution in [3.8, 4) is 5.75 Å². The molecule has 0 aromatic heterocycles. The fourth-order valence-electron chi connectivity index (χ4n) is 2.02. The second-order valence-corrected chi connectivity index (χ2v) is 9.36. The molecule has 138 valence electrons. The van der Waals surface area contributed by atoms with Gasteiger partial charge >= 0.3 is 0 Å². The Morgan fingerprint density at radius 2 is 1.88 bits per heavy atom. The molecule has 0 bridgehead atoms. The Morgan fingerprint density at radius 1 is 1.21 bits per heavy atom. The van der Waals surface area contributed by atoms with Crippen molar-refractivity contribution in [2.75, 3.05) is 33.0 Å². The molecule has 0 saturated heterocycles. The van der Waals surface area contributed by atoms with Crippen molar-refractivity contribution in [3.05, 3.63) is 23.2 Å². The molecule has 0 heterocycles. The van der Waals surface area contributed by atoms with Gasteiger partial charge in [-0.3, -0.25) is 0 Å². The maximum atomic E-state index is 12.4. The van der Waals surface area contributed by atoms with Gasteiger partial charge in [0, 0.05) is 24.7 Å². The minimum Gasteiger partial charge on any atom is -0.495 e. The van der Waals surface area contributed by atoms with Crippen LogP contribution in [0.2, 0.25) is 5.02 Å². The van der Waals surface area contributed by atoms with E-state index in [0.29, 0.717) is 13.0 Å². The summed E-state index contributed by atoms with van der Waals surface area (Å²) in [5.41, 5.74) is 0. The van der Waals surface area contributed by atoms with Gasteiger partial charge in [0.1, 0.15) is 10.6 Å². The summed E-state index contributed by atoms with van der Waals surface area (Å²) in [4.78, 5) is -0.0861. The summed E-state index contributed by atoms with van der Waals surface area (Å²) < 4.78 is 56.9. The van der Waals surface area contributed by atoms with Gasteiger partial charge in [-0.05, 0) is 24.6 Å². The second-order valence-electron chi connectivity index (χ2n) is 5.21. The van der Waals surface area contributed by atoms with Gasteiger partial charge in [-0.1, -0.05) is 24.9 Å². The van der Waals surface area contributed by atoms with E-state index in [1.165, 1.54) is 29.6 Å². The molecule has 0 atom stereocenters. The van der Waals surface area contributed by atoms with Crippen LogP contribution >= 0.6 is 11.6 Å². The first-order chi connectivity index (χ1) is 11.1. The first-order valence-corrected chi connectivity index (χ1v) is 11.1. The van der Waals surface area contributed by atoms with Crippen LogP contribution < -0.4 is 9.46 Å². The zero-order chi connectivity index (χ0) is 18.4.